The molecule has 0 aliphatic carbocycles. The Kier molecular flexibility index (Phi) is 10.8. The van der Waals surface area contributed by atoms with Crippen molar-refractivity contribution >= 4 is 15.6 Å². The van der Waals surface area contributed by atoms with E-state index >= 15 is 0 Å². The zero-order valence-corrected chi connectivity index (χ0v) is 8.91. The van der Waals surface area contributed by atoms with Gasteiger partial charge in [0, 0.05) is 26.2 Å². The molecule has 0 atom stereocenters. The van der Waals surface area contributed by atoms with Gasteiger partial charge in [-0.2, -0.15) is 15.6 Å². The number of phosphoric acid groups is 2. The van der Waals surface area contributed by atoms with Crippen LogP contribution in [0.15, 0.2) is 0 Å². The first-order valence-corrected chi connectivity index (χ1v) is 4.38. The maximum absolute atomic E-state index is 8.55. The smallest absolute Gasteiger partial charge is 0 e. The molecular formula is O8P2Zr-6. The van der Waals surface area contributed by atoms with E-state index in [1.54, 1.807) is 0 Å². The normalized spacial score (nSPS) is 10.7. The van der Waals surface area contributed by atoms with Crippen molar-refractivity contribution in [3.8, 4) is 0 Å². The third kappa shape index (κ3) is 756. The van der Waals surface area contributed by atoms with E-state index in [1.165, 1.54) is 0 Å². The molecule has 0 heterocycles. The summed E-state index contributed by atoms with van der Waals surface area (Å²) < 4.78 is 17.1. The molecular weight excluding hydrogens is 281 g/mol. The molecule has 0 saturated heterocycles. The fourth-order valence-electron chi connectivity index (χ4n) is 0. The molecule has 68 valence electrons. The van der Waals surface area contributed by atoms with E-state index in [1.807, 2.05) is 0 Å². The van der Waals surface area contributed by atoms with Crippen LogP contribution in [0.1, 0.15) is 0 Å². The second-order valence-corrected chi connectivity index (χ2v) is 2.68. The van der Waals surface area contributed by atoms with Gasteiger partial charge in [-0.3, -0.25) is 0 Å². The van der Waals surface area contributed by atoms with E-state index < -0.39 is 15.6 Å². The van der Waals surface area contributed by atoms with Crippen molar-refractivity contribution in [2.75, 3.05) is 0 Å². The Morgan fingerprint density at radius 3 is 0.636 bits per heavy atom. The van der Waals surface area contributed by atoms with E-state index in [4.69, 9.17) is 38.5 Å². The Balaban J connectivity index is -0.000000107. The summed E-state index contributed by atoms with van der Waals surface area (Å²) in [6, 6.07) is 0. The van der Waals surface area contributed by atoms with Gasteiger partial charge in [0.1, 0.15) is 0 Å². The molecule has 0 aromatic carbocycles. The van der Waals surface area contributed by atoms with Crippen LogP contribution in [0.2, 0.25) is 0 Å². The van der Waals surface area contributed by atoms with Crippen LogP contribution in [-0.4, -0.2) is 0 Å². The van der Waals surface area contributed by atoms with Crippen LogP contribution in [-0.2, 0) is 35.3 Å². The van der Waals surface area contributed by atoms with Crippen LogP contribution in [0.5, 0.6) is 0 Å². The van der Waals surface area contributed by atoms with Crippen molar-refractivity contribution < 1.29 is 64.7 Å². The Hall–Kier alpha value is 1.10. The van der Waals surface area contributed by atoms with E-state index in [0.717, 1.165) is 0 Å². The van der Waals surface area contributed by atoms with Gasteiger partial charge in [-0.05, 0) is 0 Å². The van der Waals surface area contributed by atoms with Crippen molar-refractivity contribution in [2.24, 2.45) is 0 Å². The van der Waals surface area contributed by atoms with Crippen molar-refractivity contribution in [2.45, 2.75) is 0 Å². The topological polar surface area (TPSA) is 172 Å². The van der Waals surface area contributed by atoms with Crippen LogP contribution in [0, 0.1) is 0 Å². The third-order valence-electron chi connectivity index (χ3n) is 0. The average molecular weight is 281 g/mol. The Morgan fingerprint density at radius 1 is 0.636 bits per heavy atom. The third-order valence-corrected chi connectivity index (χ3v) is 0. The summed E-state index contributed by atoms with van der Waals surface area (Å²) in [6.07, 6.45) is 0. The SMILES string of the molecule is O=P([O-])([O-])[O-].O=P([O-])([O-])[O-].[Zr]. The summed E-state index contributed by atoms with van der Waals surface area (Å²) in [5.41, 5.74) is 0. The first-order chi connectivity index (χ1) is 4.00. The maximum Gasteiger partial charge on any atom is 0 e. The zero-order valence-electron chi connectivity index (χ0n) is 4.66. The monoisotopic (exact) mass is 280 g/mol. The van der Waals surface area contributed by atoms with Gasteiger partial charge in [0.05, 0.1) is 0 Å². The molecule has 0 aliphatic heterocycles. The standard InChI is InChI=1S/2H3O4P.Zr/c2*1-5(2,3)4;/h2*(H3,1,2,3,4);/p-6. The number of hydrogen-bond acceptors (Lipinski definition) is 8. The van der Waals surface area contributed by atoms with Gasteiger partial charge in [0.2, 0.25) is 0 Å². The van der Waals surface area contributed by atoms with Crippen LogP contribution in [0.25, 0.3) is 0 Å². The van der Waals surface area contributed by atoms with Gasteiger partial charge in [0.25, 0.3) is 0 Å². The van der Waals surface area contributed by atoms with Crippen molar-refractivity contribution in [1.29, 1.82) is 0 Å². The van der Waals surface area contributed by atoms with Gasteiger partial charge in [-0.25, -0.2) is 0 Å². The summed E-state index contributed by atoms with van der Waals surface area (Å²) in [4.78, 5) is 51.3. The largest absolute Gasteiger partial charge is 0.822 e. The van der Waals surface area contributed by atoms with E-state index in [9.17, 15) is 0 Å². The molecule has 11 heavy (non-hydrogen) atoms. The summed E-state index contributed by atoms with van der Waals surface area (Å²) in [7, 11) is -10.8. The Labute approximate surface area is 80.5 Å². The van der Waals surface area contributed by atoms with E-state index in [2.05, 4.69) is 0 Å². The first-order valence-electron chi connectivity index (χ1n) is 1.46. The summed E-state index contributed by atoms with van der Waals surface area (Å²) >= 11 is 0. The van der Waals surface area contributed by atoms with Gasteiger partial charge >= 0.3 is 0 Å². The molecule has 0 amide bonds. The first kappa shape index (κ1) is 18.0. The Morgan fingerprint density at radius 2 is 0.636 bits per heavy atom. The second kappa shape index (κ2) is 6.60. The minimum absolute atomic E-state index is 0. The number of rotatable bonds is 0. The average Bonchev–Trinajstić information content (AvgIpc) is 1.12. The maximum atomic E-state index is 8.55. The molecule has 0 bridgehead atoms. The summed E-state index contributed by atoms with van der Waals surface area (Å²) in [6.45, 7) is 0. The van der Waals surface area contributed by atoms with Crippen LogP contribution < -0.4 is 29.4 Å². The van der Waals surface area contributed by atoms with Crippen LogP contribution in [0.3, 0.4) is 0 Å². The molecule has 0 aliphatic rings. The van der Waals surface area contributed by atoms with Crippen LogP contribution in [0.4, 0.5) is 0 Å². The molecule has 8 nitrogen and oxygen atoms in total. The van der Waals surface area contributed by atoms with Crippen LogP contribution >= 0.6 is 15.6 Å². The fourth-order valence-corrected chi connectivity index (χ4v) is 0. The van der Waals surface area contributed by atoms with Gasteiger partial charge in [-0.1, -0.05) is 0 Å². The molecule has 0 aromatic heterocycles. The molecule has 0 radical (unpaired) electrons. The Bertz CT molecular complexity index is 124. The van der Waals surface area contributed by atoms with Crippen molar-refractivity contribution in [3.05, 3.63) is 0 Å². The predicted octanol–water partition coefficient (Wildman–Crippen LogP) is -5.65. The van der Waals surface area contributed by atoms with E-state index in [-0.39, 0.29) is 26.2 Å². The summed E-state index contributed by atoms with van der Waals surface area (Å²) in [5, 5.41) is 0. The summed E-state index contributed by atoms with van der Waals surface area (Å²) in [5.74, 6) is 0. The van der Waals surface area contributed by atoms with Crippen molar-refractivity contribution in [1.82, 2.24) is 0 Å². The fraction of sp³-hybridized carbons (Fsp3) is 0. The van der Waals surface area contributed by atoms with Gasteiger partial charge in [0.15, 0.2) is 0 Å². The number of hydrogen-bond donors (Lipinski definition) is 0. The molecule has 0 N–H and O–H groups in total. The molecule has 0 rings (SSSR count). The molecule has 0 unspecified atom stereocenters. The van der Waals surface area contributed by atoms with Crippen molar-refractivity contribution in [3.63, 3.8) is 0 Å². The van der Waals surface area contributed by atoms with Gasteiger partial charge in [-0.15, -0.1) is 0 Å². The van der Waals surface area contributed by atoms with E-state index in [0.29, 0.717) is 0 Å². The second-order valence-electron chi connectivity index (χ2n) is 0.894. The predicted molar refractivity (Wildman–Crippen MR) is 15.2 cm³/mol. The minimum Gasteiger partial charge on any atom is -0.822 e. The quantitative estimate of drug-likeness (QED) is 0.395. The zero-order chi connectivity index (χ0) is 9.00. The molecule has 11 heteroatoms. The minimum atomic E-state index is -5.39. The molecule has 0 saturated carbocycles. The molecule has 0 aromatic rings. The molecule has 0 spiro atoms. The molecule has 0 fully saturated rings. The van der Waals surface area contributed by atoms with Gasteiger partial charge < -0.3 is 38.5 Å².